The molecule has 0 aromatic heterocycles. The molecule has 1 spiro atoms. The second-order valence-corrected chi connectivity index (χ2v) is 6.66. The first kappa shape index (κ1) is 14.8. The molecule has 1 aliphatic heterocycles. The van der Waals surface area contributed by atoms with Crippen molar-refractivity contribution in [1.29, 1.82) is 0 Å². The van der Waals surface area contributed by atoms with Crippen molar-refractivity contribution < 1.29 is 13.2 Å². The Morgan fingerprint density at radius 2 is 1.90 bits per heavy atom. The Morgan fingerprint density at radius 1 is 1.14 bits per heavy atom. The summed E-state index contributed by atoms with van der Waals surface area (Å²) >= 11 is 1.61. The molecule has 1 aliphatic carbocycles. The van der Waals surface area contributed by atoms with Gasteiger partial charge < -0.3 is 5.32 Å². The fraction of sp³-hybridized carbons (Fsp3) is 0.533. The highest BCUT2D eigenvalue weighted by Gasteiger charge is 2.37. The quantitative estimate of drug-likeness (QED) is 0.795. The predicted octanol–water partition coefficient (Wildman–Crippen LogP) is 4.92. The van der Waals surface area contributed by atoms with Crippen LogP contribution in [0.15, 0.2) is 29.3 Å². The molecule has 1 heterocycles. The van der Waals surface area contributed by atoms with E-state index in [4.69, 9.17) is 4.99 Å². The summed E-state index contributed by atoms with van der Waals surface area (Å²) < 4.78 is 38.1. The van der Waals surface area contributed by atoms with Gasteiger partial charge >= 0.3 is 6.18 Å². The van der Waals surface area contributed by atoms with Gasteiger partial charge in [0.1, 0.15) is 0 Å². The number of benzene rings is 1. The highest BCUT2D eigenvalue weighted by Crippen LogP contribution is 2.40. The maximum atomic E-state index is 12.7. The maximum absolute atomic E-state index is 12.7. The Labute approximate surface area is 126 Å². The van der Waals surface area contributed by atoms with Crippen molar-refractivity contribution in [3.63, 3.8) is 0 Å². The van der Waals surface area contributed by atoms with Crippen LogP contribution in [0.25, 0.3) is 0 Å². The lowest BCUT2D eigenvalue weighted by Gasteiger charge is -2.29. The zero-order chi connectivity index (χ0) is 14.9. The lowest BCUT2D eigenvalue weighted by molar-refractivity contribution is -0.137. The van der Waals surface area contributed by atoms with Crippen molar-refractivity contribution in [3.8, 4) is 0 Å². The van der Waals surface area contributed by atoms with E-state index < -0.39 is 11.7 Å². The van der Waals surface area contributed by atoms with Crippen molar-refractivity contribution >= 4 is 22.6 Å². The minimum Gasteiger partial charge on any atom is -0.335 e. The number of nitrogens with zero attached hydrogens (tertiary/aromatic N) is 1. The van der Waals surface area contributed by atoms with Crippen molar-refractivity contribution in [2.75, 3.05) is 11.1 Å². The van der Waals surface area contributed by atoms with Gasteiger partial charge in [-0.15, -0.1) is 0 Å². The number of amidine groups is 1. The zero-order valence-corrected chi connectivity index (χ0v) is 12.4. The average molecular weight is 314 g/mol. The topological polar surface area (TPSA) is 24.4 Å². The molecular weight excluding hydrogens is 297 g/mol. The Hall–Kier alpha value is -1.17. The summed E-state index contributed by atoms with van der Waals surface area (Å²) in [6.07, 6.45) is 1.52. The molecule has 1 saturated carbocycles. The number of anilines is 1. The van der Waals surface area contributed by atoms with Gasteiger partial charge in [-0.2, -0.15) is 13.2 Å². The monoisotopic (exact) mass is 314 g/mol. The second-order valence-electron chi connectivity index (χ2n) is 5.69. The Bertz CT molecular complexity index is 548. The first-order valence-electron chi connectivity index (χ1n) is 7.14. The van der Waals surface area contributed by atoms with Crippen LogP contribution in [0, 0.1) is 0 Å². The molecule has 1 aromatic rings. The number of alkyl halides is 3. The molecule has 114 valence electrons. The lowest BCUT2D eigenvalue weighted by atomic mass is 9.84. The van der Waals surface area contributed by atoms with Crippen LogP contribution in [0.4, 0.5) is 18.9 Å². The molecule has 3 rings (SSSR count). The van der Waals surface area contributed by atoms with E-state index >= 15 is 0 Å². The van der Waals surface area contributed by atoms with Crippen LogP contribution in [0.5, 0.6) is 0 Å². The first-order chi connectivity index (χ1) is 9.97. The molecule has 0 saturated heterocycles. The molecule has 0 unspecified atom stereocenters. The van der Waals surface area contributed by atoms with E-state index in [1.165, 1.54) is 25.3 Å². The molecule has 0 radical (unpaired) electrons. The lowest BCUT2D eigenvalue weighted by Crippen LogP contribution is -2.29. The summed E-state index contributed by atoms with van der Waals surface area (Å²) in [5.41, 5.74) is -0.167. The van der Waals surface area contributed by atoms with E-state index in [0.29, 0.717) is 5.69 Å². The fourth-order valence-corrected chi connectivity index (χ4v) is 4.12. The van der Waals surface area contributed by atoms with E-state index in [2.05, 4.69) is 5.32 Å². The fourth-order valence-electron chi connectivity index (χ4n) is 2.91. The van der Waals surface area contributed by atoms with Crippen LogP contribution in [0.1, 0.15) is 37.7 Å². The standard InChI is InChI=1S/C15H17F3N2S/c16-15(17,18)11-5-4-6-12(9-11)19-13-20-14(10-21-13)7-2-1-3-8-14/h4-6,9H,1-3,7-8,10H2,(H,19,20). The van der Waals surface area contributed by atoms with Crippen LogP contribution >= 0.6 is 11.8 Å². The number of thioether (sulfide) groups is 1. The summed E-state index contributed by atoms with van der Waals surface area (Å²) in [6.45, 7) is 0. The van der Waals surface area contributed by atoms with Gasteiger partial charge in [-0.1, -0.05) is 37.1 Å². The largest absolute Gasteiger partial charge is 0.416 e. The number of aliphatic imine (C=N–C) groups is 1. The summed E-state index contributed by atoms with van der Waals surface area (Å²) in [7, 11) is 0. The van der Waals surface area contributed by atoms with Gasteiger partial charge in [0.2, 0.25) is 0 Å². The summed E-state index contributed by atoms with van der Waals surface area (Å²) in [4.78, 5) is 4.75. The second kappa shape index (κ2) is 5.55. The van der Waals surface area contributed by atoms with Gasteiger partial charge in [0.25, 0.3) is 0 Å². The van der Waals surface area contributed by atoms with Crippen molar-refractivity contribution in [1.82, 2.24) is 0 Å². The summed E-state index contributed by atoms with van der Waals surface area (Å²) in [6, 6.07) is 5.28. The Balaban J connectivity index is 1.74. The normalized spacial score (nSPS) is 21.4. The number of nitrogens with one attached hydrogen (secondary N) is 1. The van der Waals surface area contributed by atoms with E-state index in [-0.39, 0.29) is 5.54 Å². The van der Waals surface area contributed by atoms with Crippen LogP contribution < -0.4 is 5.32 Å². The molecule has 0 amide bonds. The van der Waals surface area contributed by atoms with Crippen LogP contribution in [0.2, 0.25) is 0 Å². The van der Waals surface area contributed by atoms with Gasteiger partial charge in [-0.3, -0.25) is 4.99 Å². The van der Waals surface area contributed by atoms with Crippen molar-refractivity contribution in [3.05, 3.63) is 29.8 Å². The SMILES string of the molecule is FC(F)(F)c1cccc(NC2=NC3(CCCCC3)CS2)c1. The van der Waals surface area contributed by atoms with Gasteiger partial charge in [0, 0.05) is 11.4 Å². The third-order valence-electron chi connectivity index (χ3n) is 4.04. The molecule has 0 bridgehead atoms. The summed E-state index contributed by atoms with van der Waals surface area (Å²) in [5.74, 6) is 0.939. The minimum absolute atomic E-state index is 0.0207. The van der Waals surface area contributed by atoms with Crippen molar-refractivity contribution in [2.24, 2.45) is 4.99 Å². The van der Waals surface area contributed by atoms with Crippen molar-refractivity contribution in [2.45, 2.75) is 43.8 Å². The van der Waals surface area contributed by atoms with Gasteiger partial charge in [0.15, 0.2) is 5.17 Å². The van der Waals surface area contributed by atoms with E-state index in [0.717, 1.165) is 35.9 Å². The van der Waals surface area contributed by atoms with E-state index in [1.54, 1.807) is 17.8 Å². The smallest absolute Gasteiger partial charge is 0.335 e. The highest BCUT2D eigenvalue weighted by atomic mass is 32.2. The number of halogens is 3. The predicted molar refractivity (Wildman–Crippen MR) is 80.8 cm³/mol. The van der Waals surface area contributed by atoms with Gasteiger partial charge in [-0.25, -0.2) is 0 Å². The first-order valence-corrected chi connectivity index (χ1v) is 8.12. The Morgan fingerprint density at radius 3 is 2.62 bits per heavy atom. The zero-order valence-electron chi connectivity index (χ0n) is 11.5. The molecule has 21 heavy (non-hydrogen) atoms. The number of hydrogen-bond acceptors (Lipinski definition) is 3. The van der Waals surface area contributed by atoms with E-state index in [9.17, 15) is 13.2 Å². The minimum atomic E-state index is -4.31. The molecule has 0 atom stereocenters. The maximum Gasteiger partial charge on any atom is 0.416 e. The number of hydrogen-bond donors (Lipinski definition) is 1. The molecule has 1 N–H and O–H groups in total. The van der Waals surface area contributed by atoms with Gasteiger partial charge in [0.05, 0.1) is 11.1 Å². The number of rotatable bonds is 1. The molecule has 1 aromatic carbocycles. The van der Waals surface area contributed by atoms with Gasteiger partial charge in [-0.05, 0) is 31.0 Å². The molecule has 2 aliphatic rings. The van der Waals surface area contributed by atoms with Crippen LogP contribution in [-0.4, -0.2) is 16.5 Å². The Kier molecular flexibility index (Phi) is 3.90. The third kappa shape index (κ3) is 3.36. The van der Waals surface area contributed by atoms with E-state index in [1.807, 2.05) is 0 Å². The van der Waals surface area contributed by atoms with Crippen LogP contribution in [0.3, 0.4) is 0 Å². The molecule has 6 heteroatoms. The van der Waals surface area contributed by atoms with Crippen LogP contribution in [-0.2, 0) is 6.18 Å². The molecular formula is C15H17F3N2S. The molecule has 2 nitrogen and oxygen atoms in total. The molecule has 1 fully saturated rings. The highest BCUT2D eigenvalue weighted by molar-refractivity contribution is 8.14. The third-order valence-corrected chi connectivity index (χ3v) is 5.19. The average Bonchev–Trinajstić information content (AvgIpc) is 2.81. The summed E-state index contributed by atoms with van der Waals surface area (Å²) in [5, 5.41) is 3.78.